The molecule has 4 rings (SSSR count). The first-order chi connectivity index (χ1) is 13.5. The number of fused-ring (bicyclic) bond motifs is 1. The van der Waals surface area contributed by atoms with Crippen LogP contribution in [0.2, 0.25) is 0 Å². The van der Waals surface area contributed by atoms with Crippen LogP contribution in [0.5, 0.6) is 0 Å². The van der Waals surface area contributed by atoms with Crippen LogP contribution in [0.25, 0.3) is 10.2 Å². The quantitative estimate of drug-likeness (QED) is 0.695. The lowest BCUT2D eigenvalue weighted by Gasteiger charge is -2.20. The maximum absolute atomic E-state index is 13.0. The number of aromatic nitrogens is 1. The third-order valence-electron chi connectivity index (χ3n) is 4.89. The summed E-state index contributed by atoms with van der Waals surface area (Å²) in [5, 5.41) is 2.81. The van der Waals surface area contributed by atoms with Gasteiger partial charge in [0, 0.05) is 24.3 Å². The number of carbonyl (C=O) groups is 1. The van der Waals surface area contributed by atoms with Crippen molar-refractivity contribution in [2.75, 3.05) is 18.4 Å². The second-order valence-electron chi connectivity index (χ2n) is 6.84. The van der Waals surface area contributed by atoms with Crippen molar-refractivity contribution in [2.45, 2.75) is 30.6 Å². The summed E-state index contributed by atoms with van der Waals surface area (Å²) in [5.74, 6) is -0.278. The van der Waals surface area contributed by atoms with E-state index in [9.17, 15) is 13.2 Å². The van der Waals surface area contributed by atoms with Gasteiger partial charge in [-0.3, -0.25) is 4.79 Å². The van der Waals surface area contributed by atoms with Crippen LogP contribution < -0.4 is 5.32 Å². The van der Waals surface area contributed by atoms with Crippen molar-refractivity contribution in [2.24, 2.45) is 0 Å². The molecule has 0 radical (unpaired) electrons. The number of nitrogens with zero attached hydrogens (tertiary/aromatic N) is 2. The number of rotatable bonds is 4. The number of thiazole rings is 1. The molecule has 2 heterocycles. The van der Waals surface area contributed by atoms with Gasteiger partial charge in [-0.25, -0.2) is 13.4 Å². The summed E-state index contributed by atoms with van der Waals surface area (Å²) in [6.45, 7) is 1.10. The summed E-state index contributed by atoms with van der Waals surface area (Å²) in [5.41, 5.74) is 3.57. The van der Waals surface area contributed by atoms with Crippen LogP contribution >= 0.6 is 11.3 Å². The first kappa shape index (κ1) is 19.0. The molecule has 0 unspecified atom stereocenters. The normalized spacial score (nSPS) is 16.0. The standard InChI is InChI=1S/C20H21N3O3S2/c24-20(15-8-9-18-19(12-15)27-14-21-18)22-16-6-5-7-17(13-16)28(25,26)23-10-3-1-2-4-11-23/h5-9,12-14H,1-4,10-11H2,(H,22,24). The molecule has 2 aromatic carbocycles. The van der Waals surface area contributed by atoms with Crippen molar-refractivity contribution in [3.05, 3.63) is 53.5 Å². The monoisotopic (exact) mass is 415 g/mol. The molecule has 1 N–H and O–H groups in total. The minimum absolute atomic E-state index is 0.213. The zero-order valence-electron chi connectivity index (χ0n) is 15.3. The van der Waals surface area contributed by atoms with Crippen LogP contribution in [0.15, 0.2) is 52.9 Å². The topological polar surface area (TPSA) is 79.4 Å². The Hall–Kier alpha value is -2.29. The van der Waals surface area contributed by atoms with Gasteiger partial charge in [-0.15, -0.1) is 11.3 Å². The molecule has 8 heteroatoms. The highest BCUT2D eigenvalue weighted by Gasteiger charge is 2.25. The van der Waals surface area contributed by atoms with Crippen LogP contribution in [0.3, 0.4) is 0 Å². The average molecular weight is 416 g/mol. The number of carbonyl (C=O) groups excluding carboxylic acids is 1. The Labute approximate surface area is 168 Å². The summed E-state index contributed by atoms with van der Waals surface area (Å²) in [4.78, 5) is 17.0. The van der Waals surface area contributed by atoms with Gasteiger partial charge in [0.15, 0.2) is 0 Å². The molecule has 1 aliphatic heterocycles. The minimum Gasteiger partial charge on any atom is -0.322 e. The molecule has 1 aliphatic rings. The fourth-order valence-electron chi connectivity index (χ4n) is 3.37. The van der Waals surface area contributed by atoms with E-state index in [0.717, 1.165) is 35.9 Å². The van der Waals surface area contributed by atoms with E-state index in [1.807, 2.05) is 0 Å². The molecule has 0 atom stereocenters. The fourth-order valence-corrected chi connectivity index (χ4v) is 5.64. The summed E-state index contributed by atoms with van der Waals surface area (Å²) in [6.07, 6.45) is 3.89. The van der Waals surface area contributed by atoms with E-state index in [1.165, 1.54) is 17.4 Å². The average Bonchev–Trinajstić information content (AvgIpc) is 2.99. The van der Waals surface area contributed by atoms with E-state index < -0.39 is 10.0 Å². The van der Waals surface area contributed by atoms with Gasteiger partial charge in [0.05, 0.1) is 20.6 Å². The Morgan fingerprint density at radius 2 is 1.82 bits per heavy atom. The molecule has 0 saturated carbocycles. The van der Waals surface area contributed by atoms with Gasteiger partial charge in [0.1, 0.15) is 0 Å². The molecule has 28 heavy (non-hydrogen) atoms. The smallest absolute Gasteiger partial charge is 0.255 e. The minimum atomic E-state index is -3.55. The van der Waals surface area contributed by atoms with E-state index in [2.05, 4.69) is 10.3 Å². The molecule has 1 aromatic heterocycles. The molecule has 1 amide bonds. The summed E-state index contributed by atoms with van der Waals surface area (Å²) >= 11 is 1.47. The van der Waals surface area contributed by atoms with Crippen molar-refractivity contribution < 1.29 is 13.2 Å². The van der Waals surface area contributed by atoms with Crippen molar-refractivity contribution in [3.63, 3.8) is 0 Å². The predicted octanol–water partition coefficient (Wildman–Crippen LogP) is 4.11. The largest absolute Gasteiger partial charge is 0.322 e. The van der Waals surface area contributed by atoms with Crippen molar-refractivity contribution in [1.82, 2.24) is 9.29 Å². The van der Waals surface area contributed by atoms with Crippen LogP contribution in [0.1, 0.15) is 36.0 Å². The highest BCUT2D eigenvalue weighted by Crippen LogP contribution is 2.24. The van der Waals surface area contributed by atoms with E-state index in [0.29, 0.717) is 24.3 Å². The highest BCUT2D eigenvalue weighted by atomic mass is 32.2. The first-order valence-electron chi connectivity index (χ1n) is 9.29. The summed E-state index contributed by atoms with van der Waals surface area (Å²) in [6, 6.07) is 11.8. The Kier molecular flexibility index (Phi) is 5.43. The van der Waals surface area contributed by atoms with Gasteiger partial charge < -0.3 is 5.32 Å². The van der Waals surface area contributed by atoms with Crippen molar-refractivity contribution >= 4 is 43.2 Å². The Balaban J connectivity index is 1.55. The Bertz CT molecular complexity index is 1100. The number of amides is 1. The molecule has 6 nitrogen and oxygen atoms in total. The number of hydrogen-bond donors (Lipinski definition) is 1. The molecule has 0 bridgehead atoms. The van der Waals surface area contributed by atoms with Crippen LogP contribution in [0.4, 0.5) is 5.69 Å². The number of benzene rings is 2. The van der Waals surface area contributed by atoms with Gasteiger partial charge in [0.2, 0.25) is 10.0 Å². The summed E-state index contributed by atoms with van der Waals surface area (Å²) < 4.78 is 28.4. The van der Waals surface area contributed by atoms with Gasteiger partial charge in [-0.2, -0.15) is 4.31 Å². The van der Waals surface area contributed by atoms with E-state index in [1.54, 1.807) is 46.2 Å². The third kappa shape index (κ3) is 3.94. The van der Waals surface area contributed by atoms with Crippen LogP contribution in [-0.2, 0) is 10.0 Å². The molecular weight excluding hydrogens is 394 g/mol. The van der Waals surface area contributed by atoms with Gasteiger partial charge in [-0.05, 0) is 49.2 Å². The lowest BCUT2D eigenvalue weighted by Crippen LogP contribution is -2.32. The molecule has 0 aliphatic carbocycles. The molecule has 3 aromatic rings. The number of nitrogens with one attached hydrogen (secondary N) is 1. The second kappa shape index (κ2) is 7.98. The SMILES string of the molecule is O=C(Nc1cccc(S(=O)(=O)N2CCCCCC2)c1)c1ccc2ncsc2c1. The van der Waals surface area contributed by atoms with Gasteiger partial charge in [-0.1, -0.05) is 18.9 Å². The molecule has 1 saturated heterocycles. The maximum atomic E-state index is 13.0. The van der Waals surface area contributed by atoms with Gasteiger partial charge in [0.25, 0.3) is 5.91 Å². The van der Waals surface area contributed by atoms with E-state index in [-0.39, 0.29) is 10.8 Å². The third-order valence-corrected chi connectivity index (χ3v) is 7.57. The zero-order chi connectivity index (χ0) is 19.6. The fraction of sp³-hybridized carbons (Fsp3) is 0.300. The molecule has 146 valence electrons. The molecule has 1 fully saturated rings. The number of sulfonamides is 1. The lowest BCUT2D eigenvalue weighted by molar-refractivity contribution is 0.102. The maximum Gasteiger partial charge on any atom is 0.255 e. The highest BCUT2D eigenvalue weighted by molar-refractivity contribution is 7.89. The zero-order valence-corrected chi connectivity index (χ0v) is 16.9. The summed E-state index contributed by atoms with van der Waals surface area (Å²) in [7, 11) is -3.55. The molecular formula is C20H21N3O3S2. The predicted molar refractivity (Wildman–Crippen MR) is 111 cm³/mol. The second-order valence-corrected chi connectivity index (χ2v) is 9.66. The Morgan fingerprint density at radius 3 is 2.61 bits per heavy atom. The Morgan fingerprint density at radius 1 is 1.04 bits per heavy atom. The van der Waals surface area contributed by atoms with E-state index in [4.69, 9.17) is 0 Å². The molecule has 0 spiro atoms. The van der Waals surface area contributed by atoms with Crippen molar-refractivity contribution in [3.8, 4) is 0 Å². The first-order valence-corrected chi connectivity index (χ1v) is 11.6. The van der Waals surface area contributed by atoms with Crippen molar-refractivity contribution in [1.29, 1.82) is 0 Å². The van der Waals surface area contributed by atoms with Crippen LogP contribution in [0, 0.1) is 0 Å². The number of anilines is 1. The number of hydrogen-bond acceptors (Lipinski definition) is 5. The lowest BCUT2D eigenvalue weighted by atomic mass is 10.2. The van der Waals surface area contributed by atoms with Crippen LogP contribution in [-0.4, -0.2) is 36.7 Å². The van der Waals surface area contributed by atoms with E-state index >= 15 is 0 Å². The van der Waals surface area contributed by atoms with Gasteiger partial charge >= 0.3 is 0 Å².